The second-order valence-electron chi connectivity index (χ2n) is 8.39. The van der Waals surface area contributed by atoms with Crippen LogP contribution in [-0.4, -0.2) is 61.6 Å². The fourth-order valence-electron chi connectivity index (χ4n) is 4.24. The molecule has 0 atom stereocenters. The van der Waals surface area contributed by atoms with Gasteiger partial charge in [0.2, 0.25) is 16.0 Å². The van der Waals surface area contributed by atoms with Crippen LogP contribution in [0.4, 0.5) is 5.95 Å². The van der Waals surface area contributed by atoms with Gasteiger partial charge in [0.1, 0.15) is 11.6 Å². The average molecular weight is 474 g/mol. The molecule has 1 fully saturated rings. The number of sulfonamides is 1. The Kier molecular flexibility index (Phi) is 7.46. The zero-order valence-corrected chi connectivity index (χ0v) is 19.8. The summed E-state index contributed by atoms with van der Waals surface area (Å²) in [5, 5.41) is 4.44. The van der Waals surface area contributed by atoms with Crippen LogP contribution in [0.15, 0.2) is 42.7 Å². The van der Waals surface area contributed by atoms with E-state index in [1.54, 1.807) is 13.3 Å². The summed E-state index contributed by atoms with van der Waals surface area (Å²) in [5.74, 6) is 2.18. The van der Waals surface area contributed by atoms with Crippen molar-refractivity contribution in [1.82, 2.24) is 19.3 Å². The maximum absolute atomic E-state index is 11.5. The number of hydrogen-bond acceptors (Lipinski definition) is 7. The minimum absolute atomic E-state index is 0.00227. The molecule has 1 saturated carbocycles. The second-order valence-corrected chi connectivity index (χ2v) is 10.2. The summed E-state index contributed by atoms with van der Waals surface area (Å²) in [5.41, 5.74) is 1.01. The van der Waals surface area contributed by atoms with E-state index >= 15 is 0 Å². The second kappa shape index (κ2) is 10.5. The standard InChI is InChI=1S/C23H31N5O4S/c1-31-15-4-16-32-21-6-3-5-20-19(21)12-14-28(20)22-11-13-24-23(26-22)25-17-7-9-18(10-8-17)27-33(2,29)30/h3,5-6,11-14,17-18,27H,4,7-10,15-16H2,1-2H3,(H,24,25,26)/t17-,18-. The van der Waals surface area contributed by atoms with E-state index in [1.807, 2.05) is 41.1 Å². The van der Waals surface area contributed by atoms with Gasteiger partial charge in [-0.1, -0.05) is 6.07 Å². The van der Waals surface area contributed by atoms with Crippen LogP contribution < -0.4 is 14.8 Å². The van der Waals surface area contributed by atoms with Crippen LogP contribution in [-0.2, 0) is 14.8 Å². The van der Waals surface area contributed by atoms with Gasteiger partial charge in [-0.2, -0.15) is 4.98 Å². The van der Waals surface area contributed by atoms with E-state index in [9.17, 15) is 8.42 Å². The van der Waals surface area contributed by atoms with E-state index in [0.717, 1.165) is 54.6 Å². The minimum atomic E-state index is -3.17. The highest BCUT2D eigenvalue weighted by Gasteiger charge is 2.23. The molecule has 3 aromatic rings. The van der Waals surface area contributed by atoms with E-state index in [2.05, 4.69) is 15.0 Å². The largest absolute Gasteiger partial charge is 0.493 e. The number of ether oxygens (including phenoxy) is 2. The molecule has 10 heteroatoms. The molecule has 0 aliphatic heterocycles. The lowest BCUT2D eigenvalue weighted by molar-refractivity contribution is 0.172. The first kappa shape index (κ1) is 23.5. The lowest BCUT2D eigenvalue weighted by Crippen LogP contribution is -2.39. The lowest BCUT2D eigenvalue weighted by atomic mass is 9.92. The zero-order valence-electron chi connectivity index (χ0n) is 19.0. The van der Waals surface area contributed by atoms with Crippen LogP contribution in [0.1, 0.15) is 32.1 Å². The molecule has 0 saturated heterocycles. The van der Waals surface area contributed by atoms with Crippen LogP contribution in [0.2, 0.25) is 0 Å². The van der Waals surface area contributed by atoms with Crippen LogP contribution >= 0.6 is 0 Å². The Hall–Kier alpha value is -2.69. The topological polar surface area (TPSA) is 107 Å². The normalized spacial score (nSPS) is 19.0. The zero-order chi connectivity index (χ0) is 23.3. The summed E-state index contributed by atoms with van der Waals surface area (Å²) in [6.07, 6.45) is 9.08. The summed E-state index contributed by atoms with van der Waals surface area (Å²) >= 11 is 0. The maximum atomic E-state index is 11.5. The molecular formula is C23H31N5O4S. The smallest absolute Gasteiger partial charge is 0.224 e. The third kappa shape index (κ3) is 6.21. The van der Waals surface area contributed by atoms with Gasteiger partial charge in [0.15, 0.2) is 0 Å². The van der Waals surface area contributed by atoms with Crippen molar-refractivity contribution in [2.75, 3.05) is 31.9 Å². The van der Waals surface area contributed by atoms with E-state index in [-0.39, 0.29) is 12.1 Å². The van der Waals surface area contributed by atoms with Crippen molar-refractivity contribution in [3.05, 3.63) is 42.7 Å². The number of rotatable bonds is 10. The summed E-state index contributed by atoms with van der Waals surface area (Å²) in [6.45, 7) is 1.27. The molecule has 2 heterocycles. The SMILES string of the molecule is COCCCOc1cccc2c1ccn2-c1ccnc(N[C@H]2CC[C@H](NS(C)(=O)=O)CC2)n1. The molecule has 0 radical (unpaired) electrons. The monoisotopic (exact) mass is 473 g/mol. The molecule has 9 nitrogen and oxygen atoms in total. The molecule has 4 rings (SSSR count). The van der Waals surface area contributed by atoms with Gasteiger partial charge in [0.25, 0.3) is 0 Å². The average Bonchev–Trinajstić information content (AvgIpc) is 3.22. The summed E-state index contributed by atoms with van der Waals surface area (Å²) in [4.78, 5) is 9.12. The van der Waals surface area contributed by atoms with Gasteiger partial charge >= 0.3 is 0 Å². The summed E-state index contributed by atoms with van der Waals surface area (Å²) in [7, 11) is -1.49. The first-order valence-corrected chi connectivity index (χ1v) is 13.1. The summed E-state index contributed by atoms with van der Waals surface area (Å²) < 4.78 is 38.7. The lowest BCUT2D eigenvalue weighted by Gasteiger charge is -2.29. The molecule has 0 spiro atoms. The number of benzene rings is 1. The molecule has 0 amide bonds. The molecule has 2 aromatic heterocycles. The maximum Gasteiger partial charge on any atom is 0.224 e. The van der Waals surface area contributed by atoms with Gasteiger partial charge in [0.05, 0.1) is 18.4 Å². The molecule has 0 bridgehead atoms. The molecule has 178 valence electrons. The van der Waals surface area contributed by atoms with Crippen LogP contribution in [0, 0.1) is 0 Å². The molecule has 0 unspecified atom stereocenters. The van der Waals surface area contributed by atoms with Crippen LogP contribution in [0.5, 0.6) is 5.75 Å². The molecule has 33 heavy (non-hydrogen) atoms. The molecule has 1 aliphatic carbocycles. The quantitative estimate of drug-likeness (QED) is 0.436. The predicted octanol–water partition coefficient (Wildman–Crippen LogP) is 3.11. The predicted molar refractivity (Wildman–Crippen MR) is 128 cm³/mol. The van der Waals surface area contributed by atoms with Gasteiger partial charge < -0.3 is 19.4 Å². The van der Waals surface area contributed by atoms with E-state index in [1.165, 1.54) is 6.26 Å². The Morgan fingerprint density at radius 1 is 1.09 bits per heavy atom. The van der Waals surface area contributed by atoms with Crippen LogP contribution in [0.25, 0.3) is 16.7 Å². The number of fused-ring (bicyclic) bond motifs is 1. The third-order valence-electron chi connectivity index (χ3n) is 5.77. The van der Waals surface area contributed by atoms with E-state index < -0.39 is 10.0 Å². The Balaban J connectivity index is 1.44. The van der Waals surface area contributed by atoms with E-state index in [4.69, 9.17) is 14.5 Å². The van der Waals surface area contributed by atoms with Gasteiger partial charge in [0, 0.05) is 50.0 Å². The van der Waals surface area contributed by atoms with Crippen LogP contribution in [0.3, 0.4) is 0 Å². The van der Waals surface area contributed by atoms with Crippen molar-refractivity contribution in [2.45, 2.75) is 44.2 Å². The highest BCUT2D eigenvalue weighted by atomic mass is 32.2. The van der Waals surface area contributed by atoms with Gasteiger partial charge in [-0.3, -0.25) is 0 Å². The number of methoxy groups -OCH3 is 1. The van der Waals surface area contributed by atoms with Crippen molar-refractivity contribution in [3.63, 3.8) is 0 Å². The molecule has 1 aromatic carbocycles. The number of anilines is 1. The summed E-state index contributed by atoms with van der Waals surface area (Å²) in [6, 6.07) is 10.1. The Morgan fingerprint density at radius 2 is 1.88 bits per heavy atom. The molecule has 2 N–H and O–H groups in total. The van der Waals surface area contributed by atoms with Gasteiger partial charge in [-0.15, -0.1) is 0 Å². The van der Waals surface area contributed by atoms with Crippen molar-refractivity contribution in [1.29, 1.82) is 0 Å². The first-order chi connectivity index (χ1) is 15.9. The van der Waals surface area contributed by atoms with Crippen molar-refractivity contribution >= 4 is 26.9 Å². The molecule has 1 aliphatic rings. The van der Waals surface area contributed by atoms with Crippen molar-refractivity contribution in [2.24, 2.45) is 0 Å². The fraction of sp³-hybridized carbons (Fsp3) is 0.478. The Bertz CT molecular complexity index is 1170. The fourth-order valence-corrected chi connectivity index (χ4v) is 5.09. The van der Waals surface area contributed by atoms with Crippen molar-refractivity contribution < 1.29 is 17.9 Å². The first-order valence-electron chi connectivity index (χ1n) is 11.2. The minimum Gasteiger partial charge on any atom is -0.493 e. The third-order valence-corrected chi connectivity index (χ3v) is 6.53. The molecular weight excluding hydrogens is 442 g/mol. The number of aromatic nitrogens is 3. The van der Waals surface area contributed by atoms with Gasteiger partial charge in [-0.05, 0) is 49.9 Å². The highest BCUT2D eigenvalue weighted by Crippen LogP contribution is 2.29. The highest BCUT2D eigenvalue weighted by molar-refractivity contribution is 7.88. The van der Waals surface area contributed by atoms with Crippen molar-refractivity contribution in [3.8, 4) is 11.6 Å². The number of nitrogens with zero attached hydrogens (tertiary/aromatic N) is 3. The van der Waals surface area contributed by atoms with Gasteiger partial charge in [-0.25, -0.2) is 18.1 Å². The Morgan fingerprint density at radius 3 is 2.64 bits per heavy atom. The Labute approximate surface area is 194 Å². The van der Waals surface area contributed by atoms with E-state index in [0.29, 0.717) is 19.2 Å². The number of hydrogen-bond donors (Lipinski definition) is 2. The number of nitrogens with one attached hydrogen (secondary N) is 2.